The van der Waals surface area contributed by atoms with Crippen molar-refractivity contribution in [2.75, 3.05) is 13.1 Å². The molecule has 0 radical (unpaired) electrons. The number of carbonyl (C=O) groups excluding carboxylic acids is 1. The van der Waals surface area contributed by atoms with Crippen molar-refractivity contribution in [1.29, 1.82) is 0 Å². The molecule has 1 atom stereocenters. The molecular weight excluding hydrogens is 240 g/mol. The highest BCUT2D eigenvalue weighted by atomic mass is 32.2. The highest BCUT2D eigenvalue weighted by Gasteiger charge is 2.59. The van der Waals surface area contributed by atoms with Gasteiger partial charge in [-0.05, 0) is 26.7 Å². The summed E-state index contributed by atoms with van der Waals surface area (Å²) in [5.74, 6) is 0.173. The van der Waals surface area contributed by atoms with E-state index in [1.807, 2.05) is 6.92 Å². The number of hydrogen-bond donors (Lipinski definition) is 1. The average molecular weight is 262 g/mol. The molecule has 0 aliphatic carbocycles. The van der Waals surface area contributed by atoms with Crippen molar-refractivity contribution in [3.63, 3.8) is 0 Å². The van der Waals surface area contributed by atoms with Crippen LogP contribution in [0.15, 0.2) is 0 Å². The first-order chi connectivity index (χ1) is 7.62. The molecule has 0 saturated carbocycles. The van der Waals surface area contributed by atoms with Crippen molar-refractivity contribution >= 4 is 15.9 Å². The molecule has 1 fully saturated rings. The Kier molecular flexibility index (Phi) is 3.88. The second-order valence-corrected chi connectivity index (χ2v) is 7.79. The Bertz CT molecular complexity index is 401. The smallest absolute Gasteiger partial charge is 0.258 e. The van der Waals surface area contributed by atoms with E-state index in [0.717, 1.165) is 4.31 Å². The van der Waals surface area contributed by atoms with Gasteiger partial charge in [0.2, 0.25) is 0 Å². The molecule has 1 heterocycles. The number of hydrogen-bond acceptors (Lipinski definition) is 4. The SMILES string of the molecule is CC(C)C(C)NCCN1C(=O)C(C)(C)S1(=O)=O. The normalized spacial score (nSPS) is 23.6. The minimum absolute atomic E-state index is 0.224. The summed E-state index contributed by atoms with van der Waals surface area (Å²) in [4.78, 5) is 11.6. The fourth-order valence-corrected chi connectivity index (χ4v) is 3.14. The Morgan fingerprint density at radius 2 is 1.82 bits per heavy atom. The second kappa shape index (κ2) is 4.57. The first-order valence-corrected chi connectivity index (χ1v) is 7.36. The van der Waals surface area contributed by atoms with E-state index in [0.29, 0.717) is 18.5 Å². The third kappa shape index (κ3) is 2.33. The lowest BCUT2D eigenvalue weighted by molar-refractivity contribution is -0.132. The van der Waals surface area contributed by atoms with Gasteiger partial charge in [-0.15, -0.1) is 0 Å². The summed E-state index contributed by atoms with van der Waals surface area (Å²) in [5, 5.41) is 3.21. The van der Waals surface area contributed by atoms with Crippen LogP contribution in [0.3, 0.4) is 0 Å². The van der Waals surface area contributed by atoms with E-state index in [1.165, 1.54) is 13.8 Å². The van der Waals surface area contributed by atoms with Gasteiger partial charge >= 0.3 is 0 Å². The third-order valence-corrected chi connectivity index (χ3v) is 5.85. The van der Waals surface area contributed by atoms with Gasteiger partial charge in [0, 0.05) is 19.1 Å². The molecule has 100 valence electrons. The third-order valence-electron chi connectivity index (χ3n) is 3.46. The molecule has 17 heavy (non-hydrogen) atoms. The van der Waals surface area contributed by atoms with Crippen LogP contribution < -0.4 is 5.32 Å². The topological polar surface area (TPSA) is 66.5 Å². The van der Waals surface area contributed by atoms with Gasteiger partial charge in [0.05, 0.1) is 0 Å². The molecule has 1 amide bonds. The van der Waals surface area contributed by atoms with Gasteiger partial charge in [0.25, 0.3) is 15.9 Å². The first-order valence-electron chi connectivity index (χ1n) is 5.92. The van der Waals surface area contributed by atoms with Crippen molar-refractivity contribution in [2.24, 2.45) is 5.92 Å². The summed E-state index contributed by atoms with van der Waals surface area (Å²) in [7, 11) is -3.42. The molecule has 5 nitrogen and oxygen atoms in total. The van der Waals surface area contributed by atoms with Crippen LogP contribution in [-0.4, -0.2) is 42.5 Å². The van der Waals surface area contributed by atoms with Crippen LogP contribution in [0, 0.1) is 5.92 Å². The quantitative estimate of drug-likeness (QED) is 0.786. The van der Waals surface area contributed by atoms with E-state index >= 15 is 0 Å². The number of rotatable bonds is 5. The highest BCUT2D eigenvalue weighted by Crippen LogP contribution is 2.34. The molecule has 1 aliphatic rings. The Morgan fingerprint density at radius 3 is 2.24 bits per heavy atom. The predicted octanol–water partition coefficient (Wildman–Crippen LogP) is 0.571. The molecule has 1 aliphatic heterocycles. The van der Waals surface area contributed by atoms with Crippen molar-refractivity contribution in [3.05, 3.63) is 0 Å². The van der Waals surface area contributed by atoms with Crippen LogP contribution in [0.1, 0.15) is 34.6 Å². The van der Waals surface area contributed by atoms with Crippen LogP contribution >= 0.6 is 0 Å². The van der Waals surface area contributed by atoms with Crippen molar-refractivity contribution < 1.29 is 13.2 Å². The molecule has 6 heteroatoms. The van der Waals surface area contributed by atoms with Crippen LogP contribution in [0.4, 0.5) is 0 Å². The number of carbonyl (C=O) groups is 1. The van der Waals surface area contributed by atoms with E-state index in [2.05, 4.69) is 19.2 Å². The lowest BCUT2D eigenvalue weighted by atomic mass is 10.1. The summed E-state index contributed by atoms with van der Waals surface area (Å²) in [6.07, 6.45) is 0. The first kappa shape index (κ1) is 14.4. The second-order valence-electron chi connectivity index (χ2n) is 5.38. The fourth-order valence-electron chi connectivity index (χ4n) is 1.61. The van der Waals surface area contributed by atoms with Gasteiger partial charge in [-0.2, -0.15) is 0 Å². The number of sulfonamides is 1. The van der Waals surface area contributed by atoms with Crippen molar-refractivity contribution in [2.45, 2.75) is 45.4 Å². The van der Waals surface area contributed by atoms with E-state index in [9.17, 15) is 13.2 Å². The molecule has 0 aromatic rings. The molecule has 0 spiro atoms. The van der Waals surface area contributed by atoms with E-state index in [1.54, 1.807) is 0 Å². The minimum atomic E-state index is -3.42. The summed E-state index contributed by atoms with van der Waals surface area (Å²) in [5.41, 5.74) is 0. The Labute approximate surface area is 104 Å². The average Bonchev–Trinajstić information content (AvgIpc) is 2.22. The Hall–Kier alpha value is -0.620. The van der Waals surface area contributed by atoms with E-state index < -0.39 is 14.8 Å². The van der Waals surface area contributed by atoms with Gasteiger partial charge in [-0.3, -0.25) is 4.79 Å². The maximum absolute atomic E-state index is 11.8. The Balaban J connectivity index is 2.48. The maximum Gasteiger partial charge on any atom is 0.258 e. The predicted molar refractivity (Wildman–Crippen MR) is 67.0 cm³/mol. The number of nitrogens with zero attached hydrogens (tertiary/aromatic N) is 1. The number of nitrogens with one attached hydrogen (secondary N) is 1. The largest absolute Gasteiger partial charge is 0.312 e. The summed E-state index contributed by atoms with van der Waals surface area (Å²) < 4.78 is 23.3. The van der Waals surface area contributed by atoms with Crippen LogP contribution in [0.2, 0.25) is 0 Å². The van der Waals surface area contributed by atoms with Crippen LogP contribution in [0.5, 0.6) is 0 Å². The molecular formula is C11H22N2O3S. The lowest BCUT2D eigenvalue weighted by Gasteiger charge is -2.43. The summed E-state index contributed by atoms with van der Waals surface area (Å²) in [6.45, 7) is 9.85. The molecule has 0 aromatic heterocycles. The van der Waals surface area contributed by atoms with Gasteiger partial charge in [-0.25, -0.2) is 12.7 Å². The van der Waals surface area contributed by atoms with Crippen molar-refractivity contribution in [1.82, 2.24) is 9.62 Å². The summed E-state index contributed by atoms with van der Waals surface area (Å²) in [6, 6.07) is 0.307. The zero-order valence-corrected chi connectivity index (χ0v) is 12.0. The number of amides is 1. The van der Waals surface area contributed by atoms with E-state index in [4.69, 9.17) is 0 Å². The molecule has 1 saturated heterocycles. The molecule has 1 N–H and O–H groups in total. The molecule has 0 aromatic carbocycles. The molecule has 1 unspecified atom stereocenters. The summed E-state index contributed by atoms with van der Waals surface area (Å²) >= 11 is 0. The van der Waals surface area contributed by atoms with Crippen LogP contribution in [-0.2, 0) is 14.8 Å². The van der Waals surface area contributed by atoms with Gasteiger partial charge < -0.3 is 5.32 Å². The van der Waals surface area contributed by atoms with E-state index in [-0.39, 0.29) is 12.5 Å². The maximum atomic E-state index is 11.8. The van der Waals surface area contributed by atoms with Gasteiger partial charge in [0.15, 0.2) is 4.75 Å². The highest BCUT2D eigenvalue weighted by molar-refractivity contribution is 7.94. The van der Waals surface area contributed by atoms with Gasteiger partial charge in [0.1, 0.15) is 0 Å². The monoisotopic (exact) mass is 262 g/mol. The minimum Gasteiger partial charge on any atom is -0.312 e. The van der Waals surface area contributed by atoms with Crippen LogP contribution in [0.25, 0.3) is 0 Å². The fraction of sp³-hybridized carbons (Fsp3) is 0.909. The standard InChI is InChI=1S/C11H22N2O3S/c1-8(2)9(3)12-6-7-13-10(14)11(4,5)17(13,15)16/h8-9,12H,6-7H2,1-5H3. The van der Waals surface area contributed by atoms with Crippen molar-refractivity contribution in [3.8, 4) is 0 Å². The zero-order chi connectivity index (χ0) is 13.4. The zero-order valence-electron chi connectivity index (χ0n) is 11.1. The lowest BCUT2D eigenvalue weighted by Crippen LogP contribution is -2.68. The molecule has 0 bridgehead atoms. The van der Waals surface area contributed by atoms with Gasteiger partial charge in [-0.1, -0.05) is 13.8 Å². The Morgan fingerprint density at radius 1 is 1.29 bits per heavy atom. The molecule has 1 rings (SSSR count).